The lowest BCUT2D eigenvalue weighted by molar-refractivity contribution is 0.588. The van der Waals surface area contributed by atoms with Gasteiger partial charge in [-0.3, -0.25) is 9.40 Å². The first kappa shape index (κ1) is 11.0. The molecule has 0 spiro atoms. The molecule has 0 aliphatic carbocycles. The Morgan fingerprint density at radius 2 is 2.36 bits per heavy atom. The van der Waals surface area contributed by atoms with Crippen LogP contribution in [-0.4, -0.2) is 30.0 Å². The highest BCUT2D eigenvalue weighted by Gasteiger charge is 2.19. The second-order valence-corrected chi connectivity index (χ2v) is 5.13. The number of anilines is 1. The summed E-state index contributed by atoms with van der Waals surface area (Å²) in [6.45, 7) is 1.64. The molecule has 1 rings (SSSR count). The zero-order chi connectivity index (χ0) is 10.8. The van der Waals surface area contributed by atoms with Crippen LogP contribution in [0.4, 0.5) is 5.82 Å². The van der Waals surface area contributed by atoms with E-state index in [4.69, 9.17) is 5.73 Å². The molecule has 0 aromatic carbocycles. The molecule has 0 radical (unpaired) electrons. The van der Waals surface area contributed by atoms with Crippen molar-refractivity contribution in [1.82, 2.24) is 9.78 Å². The fourth-order valence-corrected chi connectivity index (χ4v) is 1.79. The van der Waals surface area contributed by atoms with Crippen molar-refractivity contribution in [3.05, 3.63) is 12.3 Å². The van der Waals surface area contributed by atoms with Crippen LogP contribution in [0, 0.1) is 0 Å². The van der Waals surface area contributed by atoms with E-state index in [1.54, 1.807) is 20.0 Å². The standard InChI is InChI=1S/C7H14N4O2S/c1-6(5-8)14(12,13)10-7-3-4-9-11(7)2/h3-4,6,10H,5,8H2,1-2H3. The molecule has 1 unspecified atom stereocenters. The summed E-state index contributed by atoms with van der Waals surface area (Å²) in [5.41, 5.74) is 5.28. The van der Waals surface area contributed by atoms with Crippen LogP contribution in [0.25, 0.3) is 0 Å². The zero-order valence-electron chi connectivity index (χ0n) is 8.14. The maximum absolute atomic E-state index is 11.5. The highest BCUT2D eigenvalue weighted by Crippen LogP contribution is 2.09. The van der Waals surface area contributed by atoms with E-state index in [-0.39, 0.29) is 6.54 Å². The molecule has 0 amide bonds. The number of hydrogen-bond donors (Lipinski definition) is 2. The van der Waals surface area contributed by atoms with Gasteiger partial charge >= 0.3 is 0 Å². The Morgan fingerprint density at radius 1 is 1.71 bits per heavy atom. The third-order valence-electron chi connectivity index (χ3n) is 1.93. The minimum Gasteiger partial charge on any atom is -0.329 e. The number of hydrogen-bond acceptors (Lipinski definition) is 4. The Bertz CT molecular complexity index is 398. The summed E-state index contributed by atoms with van der Waals surface area (Å²) < 4.78 is 27.0. The average Bonchev–Trinajstić information content (AvgIpc) is 2.50. The Hall–Kier alpha value is -1.08. The number of aryl methyl sites for hydroxylation is 1. The Labute approximate surface area is 83.1 Å². The van der Waals surface area contributed by atoms with Crippen molar-refractivity contribution in [3.8, 4) is 0 Å². The molecule has 0 aliphatic rings. The minimum atomic E-state index is -3.39. The summed E-state index contributed by atoms with van der Waals surface area (Å²) in [5, 5.41) is 3.23. The minimum absolute atomic E-state index is 0.0905. The van der Waals surface area contributed by atoms with Crippen LogP contribution in [0.5, 0.6) is 0 Å². The van der Waals surface area contributed by atoms with E-state index in [2.05, 4.69) is 9.82 Å². The summed E-state index contributed by atoms with van der Waals surface area (Å²) in [7, 11) is -1.73. The summed E-state index contributed by atoms with van der Waals surface area (Å²) in [4.78, 5) is 0. The van der Waals surface area contributed by atoms with E-state index in [1.807, 2.05) is 0 Å². The molecular formula is C7H14N4O2S. The van der Waals surface area contributed by atoms with E-state index < -0.39 is 15.3 Å². The average molecular weight is 218 g/mol. The van der Waals surface area contributed by atoms with Gasteiger partial charge in [-0.25, -0.2) is 8.42 Å². The largest absolute Gasteiger partial charge is 0.329 e. The van der Waals surface area contributed by atoms with Crippen LogP contribution >= 0.6 is 0 Å². The number of nitrogens with two attached hydrogens (primary N) is 1. The fraction of sp³-hybridized carbons (Fsp3) is 0.571. The molecule has 14 heavy (non-hydrogen) atoms. The molecule has 7 heteroatoms. The zero-order valence-corrected chi connectivity index (χ0v) is 8.95. The first-order chi connectivity index (χ1) is 6.47. The third kappa shape index (κ3) is 2.24. The first-order valence-electron chi connectivity index (χ1n) is 4.17. The van der Waals surface area contributed by atoms with Crippen molar-refractivity contribution < 1.29 is 8.42 Å². The fourth-order valence-electron chi connectivity index (χ4n) is 0.847. The second kappa shape index (κ2) is 3.97. The van der Waals surface area contributed by atoms with Crippen LogP contribution in [0.15, 0.2) is 12.3 Å². The normalized spacial score (nSPS) is 13.9. The summed E-state index contributed by atoms with van der Waals surface area (Å²) in [6, 6.07) is 1.58. The molecular weight excluding hydrogens is 204 g/mol. The van der Waals surface area contributed by atoms with Crippen molar-refractivity contribution in [2.75, 3.05) is 11.3 Å². The molecule has 80 valence electrons. The maximum atomic E-state index is 11.5. The number of aromatic nitrogens is 2. The van der Waals surface area contributed by atoms with Gasteiger partial charge in [0.15, 0.2) is 0 Å². The predicted molar refractivity (Wildman–Crippen MR) is 54.3 cm³/mol. The lowest BCUT2D eigenvalue weighted by Crippen LogP contribution is -2.32. The van der Waals surface area contributed by atoms with Crippen molar-refractivity contribution in [2.24, 2.45) is 12.8 Å². The number of sulfonamides is 1. The van der Waals surface area contributed by atoms with Gasteiger partial charge in [-0.2, -0.15) is 5.10 Å². The Balaban J connectivity index is 2.84. The van der Waals surface area contributed by atoms with Crippen LogP contribution in [0.1, 0.15) is 6.92 Å². The molecule has 0 fully saturated rings. The monoisotopic (exact) mass is 218 g/mol. The quantitative estimate of drug-likeness (QED) is 0.713. The van der Waals surface area contributed by atoms with E-state index in [0.717, 1.165) is 0 Å². The SMILES string of the molecule is CC(CN)S(=O)(=O)Nc1ccnn1C. The van der Waals surface area contributed by atoms with E-state index in [0.29, 0.717) is 5.82 Å². The lowest BCUT2D eigenvalue weighted by Gasteiger charge is -2.12. The molecule has 6 nitrogen and oxygen atoms in total. The van der Waals surface area contributed by atoms with Gasteiger partial charge in [0.25, 0.3) is 0 Å². The van der Waals surface area contributed by atoms with Gasteiger partial charge in [-0.1, -0.05) is 0 Å². The Kier molecular flexibility index (Phi) is 3.12. The molecule has 0 saturated carbocycles. The van der Waals surface area contributed by atoms with E-state index in [1.165, 1.54) is 10.9 Å². The van der Waals surface area contributed by atoms with Crippen LogP contribution in [-0.2, 0) is 17.1 Å². The number of rotatable bonds is 4. The van der Waals surface area contributed by atoms with Crippen molar-refractivity contribution in [2.45, 2.75) is 12.2 Å². The van der Waals surface area contributed by atoms with Gasteiger partial charge in [-0.05, 0) is 6.92 Å². The summed E-state index contributed by atoms with van der Waals surface area (Å²) >= 11 is 0. The van der Waals surface area contributed by atoms with Crippen LogP contribution < -0.4 is 10.5 Å². The smallest absolute Gasteiger partial charge is 0.237 e. The van der Waals surface area contributed by atoms with E-state index >= 15 is 0 Å². The lowest BCUT2D eigenvalue weighted by atomic mass is 10.5. The predicted octanol–water partition coefficient (Wildman–Crippen LogP) is -0.491. The van der Waals surface area contributed by atoms with Gasteiger partial charge < -0.3 is 5.73 Å². The van der Waals surface area contributed by atoms with Crippen molar-refractivity contribution in [1.29, 1.82) is 0 Å². The number of nitrogens with zero attached hydrogens (tertiary/aromatic N) is 2. The van der Waals surface area contributed by atoms with Crippen molar-refractivity contribution in [3.63, 3.8) is 0 Å². The van der Waals surface area contributed by atoms with Gasteiger partial charge in [0.05, 0.1) is 11.4 Å². The molecule has 1 heterocycles. The highest BCUT2D eigenvalue weighted by molar-refractivity contribution is 7.93. The van der Waals surface area contributed by atoms with Gasteiger partial charge in [-0.15, -0.1) is 0 Å². The summed E-state index contributed by atoms with van der Waals surface area (Å²) in [6.07, 6.45) is 1.52. The third-order valence-corrected chi connectivity index (χ3v) is 3.67. The topological polar surface area (TPSA) is 90.0 Å². The molecule has 0 aliphatic heterocycles. The van der Waals surface area contributed by atoms with Crippen LogP contribution in [0.3, 0.4) is 0 Å². The molecule has 1 aromatic rings. The van der Waals surface area contributed by atoms with E-state index in [9.17, 15) is 8.42 Å². The van der Waals surface area contributed by atoms with Crippen LogP contribution in [0.2, 0.25) is 0 Å². The van der Waals surface area contributed by atoms with Crippen molar-refractivity contribution >= 4 is 15.8 Å². The maximum Gasteiger partial charge on any atom is 0.237 e. The van der Waals surface area contributed by atoms with Gasteiger partial charge in [0.2, 0.25) is 10.0 Å². The van der Waals surface area contributed by atoms with Gasteiger partial charge in [0, 0.05) is 19.7 Å². The molecule has 3 N–H and O–H groups in total. The second-order valence-electron chi connectivity index (χ2n) is 3.03. The molecule has 0 saturated heterocycles. The number of nitrogens with one attached hydrogen (secondary N) is 1. The molecule has 1 aromatic heterocycles. The molecule has 0 bridgehead atoms. The first-order valence-corrected chi connectivity index (χ1v) is 5.71. The Morgan fingerprint density at radius 3 is 2.79 bits per heavy atom. The highest BCUT2D eigenvalue weighted by atomic mass is 32.2. The molecule has 1 atom stereocenters. The summed E-state index contributed by atoms with van der Waals surface area (Å²) in [5.74, 6) is 0.435. The van der Waals surface area contributed by atoms with Gasteiger partial charge in [0.1, 0.15) is 5.82 Å².